The van der Waals surface area contributed by atoms with E-state index in [-0.39, 0.29) is 5.41 Å². The number of rotatable bonds is 6. The van der Waals surface area contributed by atoms with Gasteiger partial charge in [0.15, 0.2) is 5.82 Å². The van der Waals surface area contributed by atoms with E-state index in [9.17, 15) is 0 Å². The van der Waals surface area contributed by atoms with Gasteiger partial charge in [-0.25, -0.2) is 19.3 Å². The van der Waals surface area contributed by atoms with E-state index in [1.807, 2.05) is 18.3 Å². The minimum Gasteiger partial charge on any atom is -0.309 e. The lowest BCUT2D eigenvalue weighted by Crippen LogP contribution is -2.45. The van der Waals surface area contributed by atoms with Crippen LogP contribution in [0, 0.1) is 12.7 Å². The third-order valence-corrected chi connectivity index (χ3v) is 8.65. The van der Waals surface area contributed by atoms with Crippen LogP contribution >= 0.6 is 0 Å². The topological polar surface area (TPSA) is 69.5 Å². The van der Waals surface area contributed by atoms with Gasteiger partial charge >= 0.3 is 0 Å². The Hall–Kier alpha value is -3.23. The molecule has 1 N–H and O–H groups in total. The summed E-state index contributed by atoms with van der Waals surface area (Å²) in [4.78, 5) is 23.2. The predicted molar refractivity (Wildman–Crippen MR) is 150 cm³/mol. The van der Waals surface area contributed by atoms with E-state index in [1.54, 1.807) is 0 Å². The minimum atomic E-state index is -0.433. The first kappa shape index (κ1) is 25.1. The molecular formula is C30H36FN7. The number of anilines is 2. The summed E-state index contributed by atoms with van der Waals surface area (Å²) in [5.74, 6) is 0.539. The van der Waals surface area contributed by atoms with Gasteiger partial charge < -0.3 is 10.2 Å². The standard InChI is InChI=1S/C30H36FN7/c1-4-37-11-13-38(14-12-37)19-22-7-8-26(32-17-22)35-29-33-18-25(31)28(36-29)23-15-20(2)27-24(16-23)30(21(3)34-27)9-5-6-10-30/h7-8,15-18H,4-6,9-14,19H2,1-3H3,(H,32,33,35,36). The molecule has 2 aromatic heterocycles. The molecule has 0 atom stereocenters. The van der Waals surface area contributed by atoms with E-state index >= 15 is 4.39 Å². The van der Waals surface area contributed by atoms with Crippen LogP contribution in [0.4, 0.5) is 21.8 Å². The highest BCUT2D eigenvalue weighted by atomic mass is 19.1. The second-order valence-corrected chi connectivity index (χ2v) is 11.0. The van der Waals surface area contributed by atoms with Gasteiger partial charge in [-0.3, -0.25) is 9.89 Å². The molecule has 2 aliphatic heterocycles. The maximum atomic E-state index is 15.0. The normalized spacial score (nSPS) is 19.1. The molecule has 1 aliphatic carbocycles. The van der Waals surface area contributed by atoms with Crippen LogP contribution in [0.2, 0.25) is 0 Å². The number of halogens is 1. The third-order valence-electron chi connectivity index (χ3n) is 8.65. The first-order chi connectivity index (χ1) is 18.4. The van der Waals surface area contributed by atoms with Crippen molar-refractivity contribution in [3.8, 4) is 11.3 Å². The SMILES string of the molecule is CCN1CCN(Cc2ccc(Nc3ncc(F)c(-c4cc(C)c5c(c4)C4(CCCC4)C(C)=N5)n3)nc2)CC1. The van der Waals surface area contributed by atoms with Gasteiger partial charge in [0, 0.05) is 55.6 Å². The molecule has 0 amide bonds. The highest BCUT2D eigenvalue weighted by molar-refractivity contribution is 6.01. The van der Waals surface area contributed by atoms with E-state index in [4.69, 9.17) is 4.99 Å². The van der Waals surface area contributed by atoms with Crippen LogP contribution in [0.15, 0.2) is 41.7 Å². The van der Waals surface area contributed by atoms with Crippen molar-refractivity contribution in [1.29, 1.82) is 0 Å². The molecule has 3 aliphatic rings. The minimum absolute atomic E-state index is 0.00403. The first-order valence-corrected chi connectivity index (χ1v) is 13.9. The third kappa shape index (κ3) is 4.60. The molecule has 8 heteroatoms. The van der Waals surface area contributed by atoms with Crippen molar-refractivity contribution >= 4 is 23.2 Å². The summed E-state index contributed by atoms with van der Waals surface area (Å²) < 4.78 is 15.0. The fraction of sp³-hybridized carbons (Fsp3) is 0.467. The number of pyridine rings is 1. The number of nitrogens with one attached hydrogen (secondary N) is 1. The maximum absolute atomic E-state index is 15.0. The molecule has 7 nitrogen and oxygen atoms in total. The summed E-state index contributed by atoms with van der Waals surface area (Å²) in [5, 5.41) is 3.17. The molecule has 2 fully saturated rings. The number of aliphatic imine (C=N–C) groups is 1. The number of aromatic nitrogens is 3. The molecule has 1 saturated carbocycles. The quantitative estimate of drug-likeness (QED) is 0.450. The average Bonchev–Trinajstić information content (AvgIpc) is 3.53. The van der Waals surface area contributed by atoms with Gasteiger partial charge in [0.2, 0.25) is 5.95 Å². The Bertz CT molecular complexity index is 1350. The van der Waals surface area contributed by atoms with Crippen molar-refractivity contribution in [3.63, 3.8) is 0 Å². The van der Waals surface area contributed by atoms with Gasteiger partial charge in [-0.15, -0.1) is 0 Å². The Morgan fingerprint density at radius 3 is 2.45 bits per heavy atom. The molecule has 3 aromatic rings. The number of aryl methyl sites for hydroxylation is 1. The number of hydrogen-bond donors (Lipinski definition) is 1. The summed E-state index contributed by atoms with van der Waals surface area (Å²) in [6, 6.07) is 8.12. The molecule has 38 heavy (non-hydrogen) atoms. The van der Waals surface area contributed by atoms with Crippen molar-refractivity contribution in [2.75, 3.05) is 38.0 Å². The van der Waals surface area contributed by atoms with Crippen LogP contribution in [0.5, 0.6) is 0 Å². The van der Waals surface area contributed by atoms with Crippen molar-refractivity contribution in [3.05, 3.63) is 59.2 Å². The largest absolute Gasteiger partial charge is 0.309 e. The molecule has 1 saturated heterocycles. The number of likely N-dealkylation sites (N-methyl/N-ethyl adjacent to an activating group) is 1. The lowest BCUT2D eigenvalue weighted by molar-refractivity contribution is 0.132. The Labute approximate surface area is 224 Å². The van der Waals surface area contributed by atoms with E-state index in [1.165, 1.54) is 35.9 Å². The van der Waals surface area contributed by atoms with Crippen LogP contribution < -0.4 is 5.32 Å². The highest BCUT2D eigenvalue weighted by Crippen LogP contribution is 2.52. The van der Waals surface area contributed by atoms with E-state index in [2.05, 4.69) is 63.0 Å². The van der Waals surface area contributed by atoms with Crippen LogP contribution in [-0.4, -0.2) is 63.2 Å². The Morgan fingerprint density at radius 2 is 1.74 bits per heavy atom. The van der Waals surface area contributed by atoms with Gasteiger partial charge in [-0.2, -0.15) is 0 Å². The summed E-state index contributed by atoms with van der Waals surface area (Å²) in [7, 11) is 0. The molecule has 1 spiro atoms. The number of piperazine rings is 1. The zero-order valence-electron chi connectivity index (χ0n) is 22.6. The van der Waals surface area contributed by atoms with E-state index in [0.717, 1.165) is 68.9 Å². The van der Waals surface area contributed by atoms with E-state index < -0.39 is 5.82 Å². The molecular weight excluding hydrogens is 477 g/mol. The fourth-order valence-electron chi connectivity index (χ4n) is 6.37. The number of nitrogens with zero attached hydrogens (tertiary/aromatic N) is 6. The predicted octanol–water partition coefficient (Wildman–Crippen LogP) is 5.79. The number of fused-ring (bicyclic) bond motifs is 2. The molecule has 0 unspecified atom stereocenters. The van der Waals surface area contributed by atoms with Gasteiger partial charge in [0.1, 0.15) is 11.5 Å². The van der Waals surface area contributed by atoms with Crippen molar-refractivity contribution < 1.29 is 4.39 Å². The van der Waals surface area contributed by atoms with Crippen molar-refractivity contribution in [2.24, 2.45) is 4.99 Å². The Morgan fingerprint density at radius 1 is 0.974 bits per heavy atom. The Balaban J connectivity index is 1.20. The smallest absolute Gasteiger partial charge is 0.229 e. The van der Waals surface area contributed by atoms with Crippen molar-refractivity contribution in [2.45, 2.75) is 58.4 Å². The summed E-state index contributed by atoms with van der Waals surface area (Å²) in [6.45, 7) is 12.8. The maximum Gasteiger partial charge on any atom is 0.229 e. The molecule has 0 bridgehead atoms. The summed E-state index contributed by atoms with van der Waals surface area (Å²) >= 11 is 0. The average molecular weight is 514 g/mol. The first-order valence-electron chi connectivity index (χ1n) is 13.9. The van der Waals surface area contributed by atoms with Gasteiger partial charge in [-0.05, 0) is 68.1 Å². The molecule has 0 radical (unpaired) electrons. The second kappa shape index (κ2) is 10.2. The van der Waals surface area contributed by atoms with Gasteiger partial charge in [0.05, 0.1) is 11.9 Å². The second-order valence-electron chi connectivity index (χ2n) is 11.0. The van der Waals surface area contributed by atoms with Crippen LogP contribution in [-0.2, 0) is 12.0 Å². The lowest BCUT2D eigenvalue weighted by Gasteiger charge is -2.33. The summed E-state index contributed by atoms with van der Waals surface area (Å²) in [5.41, 5.74) is 6.76. The molecule has 198 valence electrons. The Kier molecular flexibility index (Phi) is 6.70. The number of benzene rings is 1. The van der Waals surface area contributed by atoms with Crippen LogP contribution in [0.3, 0.4) is 0 Å². The van der Waals surface area contributed by atoms with Crippen LogP contribution in [0.25, 0.3) is 11.3 Å². The van der Waals surface area contributed by atoms with Gasteiger partial charge in [0.25, 0.3) is 0 Å². The highest BCUT2D eigenvalue weighted by Gasteiger charge is 2.44. The zero-order valence-corrected chi connectivity index (χ0v) is 22.6. The van der Waals surface area contributed by atoms with Crippen molar-refractivity contribution in [1.82, 2.24) is 24.8 Å². The monoisotopic (exact) mass is 513 g/mol. The van der Waals surface area contributed by atoms with Crippen LogP contribution in [0.1, 0.15) is 56.2 Å². The van der Waals surface area contributed by atoms with E-state index in [0.29, 0.717) is 17.5 Å². The fourth-order valence-corrected chi connectivity index (χ4v) is 6.37. The zero-order chi connectivity index (χ0) is 26.3. The number of hydrogen-bond acceptors (Lipinski definition) is 7. The van der Waals surface area contributed by atoms with Gasteiger partial charge in [-0.1, -0.05) is 25.8 Å². The summed E-state index contributed by atoms with van der Waals surface area (Å²) in [6.07, 6.45) is 7.75. The molecule has 4 heterocycles. The lowest BCUT2D eigenvalue weighted by atomic mass is 9.75. The molecule has 1 aromatic carbocycles. The molecule has 6 rings (SSSR count).